The van der Waals surface area contributed by atoms with E-state index in [0.29, 0.717) is 19.8 Å². The fourth-order valence-corrected chi connectivity index (χ4v) is 2.86. The summed E-state index contributed by atoms with van der Waals surface area (Å²) in [6, 6.07) is 5.77. The lowest BCUT2D eigenvalue weighted by Gasteiger charge is -2.33. The maximum absolute atomic E-state index is 12.6. The Morgan fingerprint density at radius 3 is 2.95 bits per heavy atom. The molecule has 1 atom stereocenters. The topological polar surface area (TPSA) is 50.1 Å². The molecular formula is C16H22N4O2. The predicted octanol–water partition coefficient (Wildman–Crippen LogP) is 1.01. The average Bonchev–Trinajstić information content (AvgIpc) is 2.97. The van der Waals surface area contributed by atoms with Crippen LogP contribution in [-0.2, 0) is 16.1 Å². The number of pyridine rings is 1. The molecule has 2 aromatic heterocycles. The lowest BCUT2D eigenvalue weighted by Crippen LogP contribution is -2.49. The quantitative estimate of drug-likeness (QED) is 0.846. The molecule has 1 fully saturated rings. The standard InChI is InChI=1S/C16H22N4O2/c1-13(19-7-9-22-10-8-19)16(21)18(2)12-14-11-17-15-5-3-4-6-20(14)15/h3-6,11,13H,7-10,12H2,1-2H3/t13-/m0/s1. The van der Waals surface area contributed by atoms with Gasteiger partial charge in [0.2, 0.25) is 5.91 Å². The van der Waals surface area contributed by atoms with E-state index >= 15 is 0 Å². The molecule has 0 N–H and O–H groups in total. The Morgan fingerprint density at radius 2 is 2.18 bits per heavy atom. The fourth-order valence-electron chi connectivity index (χ4n) is 2.86. The van der Waals surface area contributed by atoms with E-state index < -0.39 is 0 Å². The molecule has 22 heavy (non-hydrogen) atoms. The van der Waals surface area contributed by atoms with Crippen molar-refractivity contribution in [1.82, 2.24) is 19.2 Å². The van der Waals surface area contributed by atoms with Crippen molar-refractivity contribution in [1.29, 1.82) is 0 Å². The number of morpholine rings is 1. The van der Waals surface area contributed by atoms with Crippen molar-refractivity contribution in [3.8, 4) is 0 Å². The van der Waals surface area contributed by atoms with Crippen molar-refractivity contribution in [2.45, 2.75) is 19.5 Å². The molecule has 1 saturated heterocycles. The summed E-state index contributed by atoms with van der Waals surface area (Å²) in [5.74, 6) is 0.132. The van der Waals surface area contributed by atoms with Crippen LogP contribution in [-0.4, -0.2) is 64.5 Å². The number of rotatable bonds is 4. The minimum Gasteiger partial charge on any atom is -0.379 e. The first-order chi connectivity index (χ1) is 10.7. The van der Waals surface area contributed by atoms with Gasteiger partial charge in [0.15, 0.2) is 0 Å². The molecule has 6 nitrogen and oxygen atoms in total. The van der Waals surface area contributed by atoms with Crippen LogP contribution >= 0.6 is 0 Å². The molecule has 0 radical (unpaired) electrons. The molecule has 3 heterocycles. The summed E-state index contributed by atoms with van der Waals surface area (Å²) in [4.78, 5) is 20.9. The smallest absolute Gasteiger partial charge is 0.239 e. The highest BCUT2D eigenvalue weighted by Gasteiger charge is 2.25. The number of hydrogen-bond donors (Lipinski definition) is 0. The summed E-state index contributed by atoms with van der Waals surface area (Å²) in [6.45, 7) is 5.56. The van der Waals surface area contributed by atoms with Gasteiger partial charge in [0.1, 0.15) is 5.65 Å². The zero-order valence-corrected chi connectivity index (χ0v) is 13.1. The van der Waals surface area contributed by atoms with Gasteiger partial charge in [-0.2, -0.15) is 0 Å². The van der Waals surface area contributed by atoms with Crippen molar-refractivity contribution in [3.63, 3.8) is 0 Å². The van der Waals surface area contributed by atoms with Crippen LogP contribution in [0.4, 0.5) is 0 Å². The average molecular weight is 302 g/mol. The van der Waals surface area contributed by atoms with Crippen LogP contribution in [0.25, 0.3) is 5.65 Å². The fraction of sp³-hybridized carbons (Fsp3) is 0.500. The van der Waals surface area contributed by atoms with Gasteiger partial charge in [-0.25, -0.2) is 4.98 Å². The molecule has 1 aliphatic heterocycles. The Kier molecular flexibility index (Phi) is 4.40. The summed E-state index contributed by atoms with van der Waals surface area (Å²) in [6.07, 6.45) is 3.81. The molecule has 1 amide bonds. The maximum atomic E-state index is 12.6. The van der Waals surface area contributed by atoms with E-state index in [2.05, 4.69) is 9.88 Å². The first kappa shape index (κ1) is 15.0. The molecule has 118 valence electrons. The zero-order chi connectivity index (χ0) is 15.5. The maximum Gasteiger partial charge on any atom is 0.239 e. The SMILES string of the molecule is C[C@@H](C(=O)N(C)Cc1cnc2ccccn12)N1CCOCC1. The van der Waals surface area contributed by atoms with Gasteiger partial charge in [0.25, 0.3) is 0 Å². The van der Waals surface area contributed by atoms with Crippen LogP contribution in [0.15, 0.2) is 30.6 Å². The summed E-state index contributed by atoms with van der Waals surface area (Å²) in [7, 11) is 1.85. The molecule has 0 unspecified atom stereocenters. The number of imidazole rings is 1. The number of likely N-dealkylation sites (N-methyl/N-ethyl adjacent to an activating group) is 1. The summed E-state index contributed by atoms with van der Waals surface area (Å²) >= 11 is 0. The van der Waals surface area contributed by atoms with Crippen LogP contribution in [0.3, 0.4) is 0 Å². The highest BCUT2D eigenvalue weighted by atomic mass is 16.5. The number of fused-ring (bicyclic) bond motifs is 1. The van der Waals surface area contributed by atoms with Crippen molar-refractivity contribution in [3.05, 3.63) is 36.3 Å². The van der Waals surface area contributed by atoms with E-state index in [1.807, 2.05) is 49.0 Å². The van der Waals surface area contributed by atoms with Crippen LogP contribution < -0.4 is 0 Å². The summed E-state index contributed by atoms with van der Waals surface area (Å²) in [5, 5.41) is 0. The van der Waals surface area contributed by atoms with E-state index in [-0.39, 0.29) is 11.9 Å². The number of nitrogens with zero attached hydrogens (tertiary/aromatic N) is 4. The highest BCUT2D eigenvalue weighted by Crippen LogP contribution is 2.11. The zero-order valence-electron chi connectivity index (χ0n) is 13.1. The second-order valence-corrected chi connectivity index (χ2v) is 5.70. The molecule has 6 heteroatoms. The minimum atomic E-state index is -0.118. The third kappa shape index (κ3) is 2.98. The Balaban J connectivity index is 1.68. The minimum absolute atomic E-state index is 0.118. The van der Waals surface area contributed by atoms with Crippen LogP contribution in [0.5, 0.6) is 0 Å². The first-order valence-corrected chi connectivity index (χ1v) is 7.64. The Labute approximate surface area is 130 Å². The first-order valence-electron chi connectivity index (χ1n) is 7.64. The predicted molar refractivity (Wildman–Crippen MR) is 83.5 cm³/mol. The van der Waals surface area contributed by atoms with Gasteiger partial charge in [-0.3, -0.25) is 9.69 Å². The number of carbonyl (C=O) groups is 1. The Hall–Kier alpha value is -1.92. The highest BCUT2D eigenvalue weighted by molar-refractivity contribution is 5.81. The summed E-state index contributed by atoms with van der Waals surface area (Å²) in [5.41, 5.74) is 1.92. The van der Waals surface area contributed by atoms with Gasteiger partial charge in [0, 0.05) is 26.3 Å². The van der Waals surface area contributed by atoms with E-state index in [1.165, 1.54) is 0 Å². The van der Waals surface area contributed by atoms with Gasteiger partial charge in [-0.15, -0.1) is 0 Å². The monoisotopic (exact) mass is 302 g/mol. The largest absolute Gasteiger partial charge is 0.379 e. The lowest BCUT2D eigenvalue weighted by atomic mass is 10.2. The molecule has 1 aliphatic rings. The van der Waals surface area contributed by atoms with Gasteiger partial charge in [0.05, 0.1) is 37.7 Å². The molecule has 0 aliphatic carbocycles. The van der Waals surface area contributed by atoms with Crippen LogP contribution in [0.1, 0.15) is 12.6 Å². The lowest BCUT2D eigenvalue weighted by molar-refractivity contribution is -0.137. The number of hydrogen-bond acceptors (Lipinski definition) is 4. The third-order valence-electron chi connectivity index (χ3n) is 4.22. The second kappa shape index (κ2) is 6.46. The molecule has 0 saturated carbocycles. The van der Waals surface area contributed by atoms with Crippen molar-refractivity contribution >= 4 is 11.6 Å². The molecule has 3 rings (SSSR count). The van der Waals surface area contributed by atoms with E-state index in [9.17, 15) is 4.79 Å². The van der Waals surface area contributed by atoms with Gasteiger partial charge < -0.3 is 14.0 Å². The molecular weight excluding hydrogens is 280 g/mol. The van der Waals surface area contributed by atoms with Crippen molar-refractivity contribution in [2.75, 3.05) is 33.4 Å². The van der Waals surface area contributed by atoms with Gasteiger partial charge in [-0.1, -0.05) is 6.07 Å². The van der Waals surface area contributed by atoms with Crippen molar-refractivity contribution < 1.29 is 9.53 Å². The van der Waals surface area contributed by atoms with Crippen LogP contribution in [0.2, 0.25) is 0 Å². The molecule has 0 aromatic carbocycles. The second-order valence-electron chi connectivity index (χ2n) is 5.70. The summed E-state index contributed by atoms with van der Waals surface area (Å²) < 4.78 is 7.36. The normalized spacial score (nSPS) is 17.5. The number of carbonyl (C=O) groups excluding carboxylic acids is 1. The number of ether oxygens (including phenoxy) is 1. The van der Waals surface area contributed by atoms with E-state index in [4.69, 9.17) is 4.74 Å². The number of aromatic nitrogens is 2. The third-order valence-corrected chi connectivity index (χ3v) is 4.22. The molecule has 0 spiro atoms. The van der Waals surface area contributed by atoms with Crippen LogP contribution in [0, 0.1) is 0 Å². The van der Waals surface area contributed by atoms with Gasteiger partial charge >= 0.3 is 0 Å². The molecule has 0 bridgehead atoms. The number of amides is 1. The van der Waals surface area contributed by atoms with E-state index in [0.717, 1.165) is 24.4 Å². The van der Waals surface area contributed by atoms with Crippen molar-refractivity contribution in [2.24, 2.45) is 0 Å². The Morgan fingerprint density at radius 1 is 1.41 bits per heavy atom. The molecule has 2 aromatic rings. The van der Waals surface area contributed by atoms with E-state index in [1.54, 1.807) is 4.90 Å². The Bertz CT molecular complexity index is 648. The van der Waals surface area contributed by atoms with Gasteiger partial charge in [-0.05, 0) is 19.1 Å².